The SMILES string of the molecule is c1ccc(-c2cccc(N(c3ccc(-c4ccc(-n5c6ccccc6c6c7ccccc7ccc65)cc4)cc3)c3ccc4c5ccccc5n(-c5ccccc5)c4c3)c2)cc1. The molecule has 0 amide bonds. The minimum atomic E-state index is 1.09. The van der Waals surface area contributed by atoms with Crippen molar-refractivity contribution in [1.29, 1.82) is 0 Å². The Morgan fingerprint density at radius 3 is 1.56 bits per heavy atom. The largest absolute Gasteiger partial charge is 0.310 e. The van der Waals surface area contributed by atoms with Crippen LogP contribution in [0.2, 0.25) is 0 Å². The van der Waals surface area contributed by atoms with Gasteiger partial charge in [-0.1, -0.05) is 158 Å². The Labute approximate surface area is 354 Å². The first kappa shape index (κ1) is 34.9. The summed E-state index contributed by atoms with van der Waals surface area (Å²) < 4.78 is 4.79. The standard InChI is InChI=1S/C58H39N3/c1-3-14-40(15-4-1)44-17-13-20-48(38-44)59(49-35-36-52-51-22-9-11-24-54(51)61(57(52)39-49)45-18-5-2-6-19-45)46-31-26-41(27-32-46)42-28-33-47(34-29-42)60-55-25-12-10-23-53(55)58-50-21-8-7-16-43(50)30-37-56(58)60/h1-39H. The van der Waals surface area contributed by atoms with E-state index in [9.17, 15) is 0 Å². The van der Waals surface area contributed by atoms with E-state index in [1.807, 2.05) is 0 Å². The Kier molecular flexibility index (Phi) is 8.17. The number of anilines is 3. The molecule has 0 N–H and O–H groups in total. The van der Waals surface area contributed by atoms with Crippen molar-refractivity contribution >= 4 is 71.4 Å². The summed E-state index contributed by atoms with van der Waals surface area (Å²) in [6, 6.07) is 85.8. The van der Waals surface area contributed by atoms with E-state index in [1.165, 1.54) is 76.6 Å². The topological polar surface area (TPSA) is 13.1 Å². The van der Waals surface area contributed by atoms with E-state index in [1.54, 1.807) is 0 Å². The van der Waals surface area contributed by atoms with Gasteiger partial charge in [-0.15, -0.1) is 0 Å². The van der Waals surface area contributed by atoms with Gasteiger partial charge in [0, 0.05) is 50.0 Å². The number of hydrogen-bond donors (Lipinski definition) is 0. The molecule has 3 heteroatoms. The van der Waals surface area contributed by atoms with Gasteiger partial charge in [-0.05, 0) is 112 Å². The molecule has 12 rings (SSSR count). The van der Waals surface area contributed by atoms with Crippen LogP contribution in [0.5, 0.6) is 0 Å². The number of nitrogens with zero attached hydrogens (tertiary/aromatic N) is 3. The van der Waals surface area contributed by atoms with Crippen molar-refractivity contribution in [1.82, 2.24) is 9.13 Å². The van der Waals surface area contributed by atoms with Gasteiger partial charge in [0.1, 0.15) is 0 Å². The van der Waals surface area contributed by atoms with Gasteiger partial charge in [-0.2, -0.15) is 0 Å². The lowest BCUT2D eigenvalue weighted by atomic mass is 10.0. The monoisotopic (exact) mass is 777 g/mol. The molecular weight excluding hydrogens is 739 g/mol. The van der Waals surface area contributed by atoms with Crippen LogP contribution in [0.3, 0.4) is 0 Å². The summed E-state index contributed by atoms with van der Waals surface area (Å²) in [4.78, 5) is 2.39. The molecule has 0 saturated heterocycles. The summed E-state index contributed by atoms with van der Waals surface area (Å²) in [7, 11) is 0. The summed E-state index contributed by atoms with van der Waals surface area (Å²) in [6.07, 6.45) is 0. The van der Waals surface area contributed by atoms with Gasteiger partial charge in [-0.25, -0.2) is 0 Å². The zero-order valence-electron chi connectivity index (χ0n) is 33.4. The molecule has 0 fully saturated rings. The van der Waals surface area contributed by atoms with Crippen molar-refractivity contribution in [2.45, 2.75) is 0 Å². The van der Waals surface area contributed by atoms with E-state index >= 15 is 0 Å². The Hall–Kier alpha value is -8.14. The predicted octanol–water partition coefficient (Wildman–Crippen LogP) is 15.8. The molecule has 0 bridgehead atoms. The first-order chi connectivity index (χ1) is 30.3. The molecule has 10 aromatic carbocycles. The van der Waals surface area contributed by atoms with Crippen LogP contribution < -0.4 is 4.90 Å². The maximum Gasteiger partial charge on any atom is 0.0561 e. The molecule has 2 aromatic heterocycles. The lowest BCUT2D eigenvalue weighted by Gasteiger charge is -2.26. The minimum Gasteiger partial charge on any atom is -0.310 e. The van der Waals surface area contributed by atoms with Gasteiger partial charge in [0.05, 0.1) is 22.1 Å². The Morgan fingerprint density at radius 2 is 0.787 bits per heavy atom. The van der Waals surface area contributed by atoms with Crippen molar-refractivity contribution in [3.63, 3.8) is 0 Å². The molecule has 0 aliphatic heterocycles. The fourth-order valence-electron chi connectivity index (χ4n) is 9.48. The molecule has 3 nitrogen and oxygen atoms in total. The second kappa shape index (κ2) is 14.3. The lowest BCUT2D eigenvalue weighted by Crippen LogP contribution is -2.10. The summed E-state index contributed by atoms with van der Waals surface area (Å²) in [5.74, 6) is 0. The summed E-state index contributed by atoms with van der Waals surface area (Å²) in [5.41, 5.74) is 15.1. The molecule has 0 atom stereocenters. The van der Waals surface area contributed by atoms with Crippen LogP contribution >= 0.6 is 0 Å². The van der Waals surface area contributed by atoms with Crippen molar-refractivity contribution in [3.05, 3.63) is 237 Å². The number of para-hydroxylation sites is 3. The molecule has 12 aromatic rings. The van der Waals surface area contributed by atoms with Gasteiger partial charge in [-0.3, -0.25) is 0 Å². The van der Waals surface area contributed by atoms with Crippen molar-refractivity contribution < 1.29 is 0 Å². The zero-order chi connectivity index (χ0) is 40.3. The van der Waals surface area contributed by atoms with Crippen LogP contribution in [0.1, 0.15) is 0 Å². The first-order valence-electron chi connectivity index (χ1n) is 20.9. The summed E-state index contributed by atoms with van der Waals surface area (Å²) in [5, 5.41) is 7.59. The van der Waals surface area contributed by atoms with E-state index in [2.05, 4.69) is 251 Å². The van der Waals surface area contributed by atoms with Crippen LogP contribution in [0.25, 0.3) is 88.0 Å². The fourth-order valence-corrected chi connectivity index (χ4v) is 9.48. The Morgan fingerprint density at radius 1 is 0.262 bits per heavy atom. The molecule has 0 aliphatic carbocycles. The lowest BCUT2D eigenvalue weighted by molar-refractivity contribution is 1.18. The Bertz CT molecular complexity index is 3560. The normalized spacial score (nSPS) is 11.6. The van der Waals surface area contributed by atoms with Gasteiger partial charge >= 0.3 is 0 Å². The Balaban J connectivity index is 0.962. The highest BCUT2D eigenvalue weighted by atomic mass is 15.1. The number of hydrogen-bond acceptors (Lipinski definition) is 1. The maximum absolute atomic E-state index is 2.40. The molecule has 286 valence electrons. The van der Waals surface area contributed by atoms with Gasteiger partial charge in [0.25, 0.3) is 0 Å². The quantitative estimate of drug-likeness (QED) is 0.157. The highest BCUT2D eigenvalue weighted by Crippen LogP contribution is 2.42. The van der Waals surface area contributed by atoms with Crippen LogP contribution in [-0.2, 0) is 0 Å². The highest BCUT2D eigenvalue weighted by molar-refractivity contribution is 6.21. The third kappa shape index (κ3) is 5.82. The van der Waals surface area contributed by atoms with E-state index in [0.717, 1.165) is 28.4 Å². The molecule has 0 saturated carbocycles. The van der Waals surface area contributed by atoms with Crippen molar-refractivity contribution in [3.8, 4) is 33.6 Å². The number of benzene rings is 10. The number of rotatable bonds is 7. The molecule has 0 unspecified atom stereocenters. The minimum absolute atomic E-state index is 1.09. The van der Waals surface area contributed by atoms with Crippen molar-refractivity contribution in [2.75, 3.05) is 4.90 Å². The molecule has 0 radical (unpaired) electrons. The third-order valence-corrected chi connectivity index (χ3v) is 12.3. The third-order valence-electron chi connectivity index (χ3n) is 12.3. The average Bonchev–Trinajstić information content (AvgIpc) is 3.86. The summed E-state index contributed by atoms with van der Waals surface area (Å²) in [6.45, 7) is 0. The number of aromatic nitrogens is 2. The van der Waals surface area contributed by atoms with E-state index in [-0.39, 0.29) is 0 Å². The summed E-state index contributed by atoms with van der Waals surface area (Å²) >= 11 is 0. The first-order valence-corrected chi connectivity index (χ1v) is 20.9. The van der Waals surface area contributed by atoms with Crippen LogP contribution in [0, 0.1) is 0 Å². The molecule has 2 heterocycles. The van der Waals surface area contributed by atoms with E-state index in [0.29, 0.717) is 0 Å². The van der Waals surface area contributed by atoms with E-state index < -0.39 is 0 Å². The fraction of sp³-hybridized carbons (Fsp3) is 0. The maximum atomic E-state index is 2.40. The molecule has 0 aliphatic rings. The second-order valence-corrected chi connectivity index (χ2v) is 15.8. The van der Waals surface area contributed by atoms with E-state index in [4.69, 9.17) is 0 Å². The second-order valence-electron chi connectivity index (χ2n) is 15.8. The van der Waals surface area contributed by atoms with Crippen LogP contribution in [-0.4, -0.2) is 9.13 Å². The highest BCUT2D eigenvalue weighted by Gasteiger charge is 2.19. The number of fused-ring (bicyclic) bond motifs is 8. The van der Waals surface area contributed by atoms with Gasteiger partial charge in [0.15, 0.2) is 0 Å². The molecular formula is C58H39N3. The van der Waals surface area contributed by atoms with Crippen molar-refractivity contribution in [2.24, 2.45) is 0 Å². The van der Waals surface area contributed by atoms with Gasteiger partial charge in [0.2, 0.25) is 0 Å². The molecule has 0 spiro atoms. The smallest absolute Gasteiger partial charge is 0.0561 e. The van der Waals surface area contributed by atoms with Crippen LogP contribution in [0.4, 0.5) is 17.1 Å². The van der Waals surface area contributed by atoms with Crippen LogP contribution in [0.15, 0.2) is 237 Å². The predicted molar refractivity (Wildman–Crippen MR) is 258 cm³/mol. The zero-order valence-corrected chi connectivity index (χ0v) is 33.4. The average molecular weight is 778 g/mol. The molecule has 61 heavy (non-hydrogen) atoms. The van der Waals surface area contributed by atoms with Gasteiger partial charge < -0.3 is 14.0 Å².